The minimum absolute atomic E-state index is 0. The van der Waals surface area contributed by atoms with Crippen LogP contribution in [0.15, 0.2) is 24.3 Å². The summed E-state index contributed by atoms with van der Waals surface area (Å²) in [4.78, 5) is 19.9. The second-order valence-electron chi connectivity index (χ2n) is 8.20. The third-order valence-electron chi connectivity index (χ3n) is 5.95. The molecule has 2 aromatic rings. The molecular weight excluding hydrogens is 476 g/mol. The number of aromatic nitrogens is 2. The van der Waals surface area contributed by atoms with Crippen LogP contribution in [0.25, 0.3) is 0 Å². The Morgan fingerprint density at radius 3 is 2.15 bits per heavy atom. The molecule has 4 rings (SSSR count). The van der Waals surface area contributed by atoms with E-state index in [0.29, 0.717) is 55.6 Å². The Morgan fingerprint density at radius 1 is 0.909 bits per heavy atom. The van der Waals surface area contributed by atoms with Gasteiger partial charge in [0.05, 0.1) is 0 Å². The summed E-state index contributed by atoms with van der Waals surface area (Å²) in [6, 6.07) is 5.32. The van der Waals surface area contributed by atoms with E-state index in [1.165, 1.54) is 24.3 Å². The van der Waals surface area contributed by atoms with Gasteiger partial charge in [-0.25, -0.2) is 14.4 Å². The second-order valence-corrected chi connectivity index (χ2v) is 8.20. The van der Waals surface area contributed by atoms with Crippen molar-refractivity contribution in [3.8, 4) is 0 Å². The van der Waals surface area contributed by atoms with Crippen molar-refractivity contribution in [1.29, 1.82) is 0 Å². The molecule has 5 nitrogen and oxygen atoms in total. The first-order chi connectivity index (χ1) is 14.8. The minimum Gasteiger partial charge on any atom is -0.367 e. The molecule has 0 saturated heterocycles. The van der Waals surface area contributed by atoms with Gasteiger partial charge in [0.25, 0.3) is 5.91 Å². The second kappa shape index (κ2) is 11.4. The highest BCUT2D eigenvalue weighted by atomic mass is 32.1. The lowest BCUT2D eigenvalue weighted by Gasteiger charge is -2.31. The quantitative estimate of drug-likeness (QED) is 0.582. The Bertz CT molecular complexity index is 949. The number of rotatable bonds is 4. The van der Waals surface area contributed by atoms with Crippen LogP contribution in [0, 0.1) is 5.82 Å². The van der Waals surface area contributed by atoms with Crippen LogP contribution in [0.4, 0.5) is 23.4 Å². The van der Waals surface area contributed by atoms with Gasteiger partial charge in [-0.2, -0.15) is 40.2 Å². The zero-order valence-corrected chi connectivity index (χ0v) is 19.9. The van der Waals surface area contributed by atoms with Gasteiger partial charge < -0.3 is 10.6 Å². The van der Waals surface area contributed by atoms with E-state index < -0.39 is 17.8 Å². The largest absolute Gasteiger partial charge is 0.451 e. The Kier molecular flexibility index (Phi) is 9.42. The molecule has 1 heterocycles. The molecule has 2 N–H and O–H groups in total. The number of nitrogens with one attached hydrogen (secondary N) is 2. The maximum atomic E-state index is 13.2. The molecule has 2 aliphatic rings. The van der Waals surface area contributed by atoms with E-state index in [-0.39, 0.29) is 45.0 Å². The predicted molar refractivity (Wildman–Crippen MR) is 128 cm³/mol. The molecule has 1 amide bonds. The van der Waals surface area contributed by atoms with Gasteiger partial charge in [0, 0.05) is 28.9 Å². The number of aryl methyl sites for hydroxylation is 1. The zero-order chi connectivity index (χ0) is 22.0. The fourth-order valence-corrected chi connectivity index (χ4v) is 4.29. The number of fused-ring (bicyclic) bond motifs is 1. The van der Waals surface area contributed by atoms with Crippen molar-refractivity contribution in [2.45, 2.75) is 69.6 Å². The molecule has 182 valence electrons. The van der Waals surface area contributed by atoms with Crippen molar-refractivity contribution in [3.05, 3.63) is 52.7 Å². The number of carbonyl (C=O) groups excluding carboxylic acids is 1. The topological polar surface area (TPSA) is 66.9 Å². The van der Waals surface area contributed by atoms with E-state index in [9.17, 15) is 22.4 Å². The van der Waals surface area contributed by atoms with Gasteiger partial charge in [-0.3, -0.25) is 4.79 Å². The van der Waals surface area contributed by atoms with Gasteiger partial charge in [-0.1, -0.05) is 0 Å². The maximum Gasteiger partial charge on any atom is 0.451 e. The highest BCUT2D eigenvalue weighted by Gasteiger charge is 2.37. The molecule has 1 aromatic heterocycles. The fraction of sp³-hybridized carbons (Fsp3) is 0.500. The number of alkyl halides is 3. The van der Waals surface area contributed by atoms with Crippen molar-refractivity contribution >= 4 is 38.7 Å². The first-order valence-corrected chi connectivity index (χ1v) is 10.6. The number of nitrogens with zero attached hydrogens (tertiary/aromatic N) is 2. The molecule has 2 aliphatic carbocycles. The van der Waals surface area contributed by atoms with E-state index >= 15 is 0 Å². The molecular formula is C22H28F4N4OS2. The molecule has 1 saturated carbocycles. The lowest BCUT2D eigenvalue weighted by molar-refractivity contribution is -0.145. The van der Waals surface area contributed by atoms with Crippen LogP contribution < -0.4 is 10.6 Å². The van der Waals surface area contributed by atoms with Crippen LogP contribution in [0.1, 0.15) is 66.0 Å². The highest BCUT2D eigenvalue weighted by molar-refractivity contribution is 7.59. The minimum atomic E-state index is -4.58. The Labute approximate surface area is 204 Å². The Hall–Kier alpha value is -2.01. The average molecular weight is 505 g/mol. The molecule has 1 aromatic carbocycles. The molecule has 0 bridgehead atoms. The summed E-state index contributed by atoms with van der Waals surface area (Å²) in [7, 11) is 0. The van der Waals surface area contributed by atoms with Gasteiger partial charge in [0.1, 0.15) is 11.6 Å². The summed E-state index contributed by atoms with van der Waals surface area (Å²) < 4.78 is 52.7. The normalized spacial score (nSPS) is 20.0. The fourth-order valence-electron chi connectivity index (χ4n) is 4.29. The van der Waals surface area contributed by atoms with Crippen LogP contribution in [0.5, 0.6) is 0 Å². The summed E-state index contributed by atoms with van der Waals surface area (Å²) in [5.74, 6) is -1.44. The molecule has 0 atom stereocenters. The van der Waals surface area contributed by atoms with E-state index in [0.717, 1.165) is 18.4 Å². The summed E-state index contributed by atoms with van der Waals surface area (Å²) in [5, 5.41) is 6.18. The van der Waals surface area contributed by atoms with Crippen LogP contribution >= 0.6 is 27.0 Å². The van der Waals surface area contributed by atoms with Crippen molar-refractivity contribution in [3.63, 3.8) is 0 Å². The first-order valence-electron chi connectivity index (χ1n) is 10.6. The van der Waals surface area contributed by atoms with Crippen molar-refractivity contribution in [2.75, 3.05) is 5.32 Å². The first kappa shape index (κ1) is 27.2. The van der Waals surface area contributed by atoms with Gasteiger partial charge in [0.15, 0.2) is 0 Å². The van der Waals surface area contributed by atoms with Gasteiger partial charge >= 0.3 is 6.18 Å². The number of halogens is 4. The predicted octanol–water partition coefficient (Wildman–Crippen LogP) is 4.89. The van der Waals surface area contributed by atoms with E-state index in [1.807, 2.05) is 0 Å². The summed E-state index contributed by atoms with van der Waals surface area (Å²) in [6.45, 7) is 0. The van der Waals surface area contributed by atoms with Gasteiger partial charge in [-0.15, -0.1) is 0 Å². The number of anilines is 1. The zero-order valence-electron chi connectivity index (χ0n) is 17.9. The number of hydrogen-bond donors (Lipinski definition) is 2. The highest BCUT2D eigenvalue weighted by Crippen LogP contribution is 2.33. The molecule has 11 heteroatoms. The van der Waals surface area contributed by atoms with Crippen molar-refractivity contribution < 1.29 is 22.4 Å². The molecule has 33 heavy (non-hydrogen) atoms. The summed E-state index contributed by atoms with van der Waals surface area (Å²) in [5.41, 5.74) is 1.69. The van der Waals surface area contributed by atoms with Gasteiger partial charge in [0.2, 0.25) is 5.82 Å². The number of carbonyl (C=O) groups is 1. The van der Waals surface area contributed by atoms with Gasteiger partial charge in [-0.05, 0) is 75.6 Å². The lowest BCUT2D eigenvalue weighted by atomic mass is 9.90. The molecule has 0 spiro atoms. The number of hydrogen-bond acceptors (Lipinski definition) is 4. The van der Waals surface area contributed by atoms with E-state index in [4.69, 9.17) is 0 Å². The third kappa shape index (κ3) is 6.75. The molecule has 0 unspecified atom stereocenters. The Balaban J connectivity index is 0.00000193. The standard InChI is InChI=1S/C22H24F4N4O.2H2S/c23-14-7-5-13(6-8-14)20(31)28-16-11-9-15(10-12-16)27-19-17-3-1-2-4-18(17)29-21(30-19)22(24,25)26;;/h5-8,15-16H,1-4,9-12H2,(H,28,31)(H,27,29,30);2*1H2. The maximum absolute atomic E-state index is 13.2. The monoisotopic (exact) mass is 504 g/mol. The Morgan fingerprint density at radius 2 is 1.52 bits per heavy atom. The van der Waals surface area contributed by atoms with Crippen LogP contribution in [-0.2, 0) is 19.0 Å². The summed E-state index contributed by atoms with van der Waals surface area (Å²) in [6.07, 6.45) is 1.19. The van der Waals surface area contributed by atoms with E-state index in [1.54, 1.807) is 0 Å². The smallest absolute Gasteiger partial charge is 0.367 e. The lowest BCUT2D eigenvalue weighted by Crippen LogP contribution is -2.40. The molecule has 0 aliphatic heterocycles. The average Bonchev–Trinajstić information content (AvgIpc) is 2.75. The van der Waals surface area contributed by atoms with Crippen molar-refractivity contribution in [1.82, 2.24) is 15.3 Å². The van der Waals surface area contributed by atoms with Crippen LogP contribution in [0.3, 0.4) is 0 Å². The SMILES string of the molecule is O=C(NC1CCC(Nc2nc(C(F)(F)F)nc3c2CCCC3)CC1)c1ccc(F)cc1.S.S. The van der Waals surface area contributed by atoms with Crippen molar-refractivity contribution in [2.24, 2.45) is 0 Å². The summed E-state index contributed by atoms with van der Waals surface area (Å²) >= 11 is 0. The number of amides is 1. The molecule has 0 radical (unpaired) electrons. The third-order valence-corrected chi connectivity index (χ3v) is 5.95. The molecule has 1 fully saturated rings. The van der Waals surface area contributed by atoms with E-state index in [2.05, 4.69) is 20.6 Å². The van der Waals surface area contributed by atoms with Crippen LogP contribution in [0.2, 0.25) is 0 Å². The van der Waals surface area contributed by atoms with Crippen LogP contribution in [-0.4, -0.2) is 28.0 Å². The number of benzene rings is 1.